The van der Waals surface area contributed by atoms with Crippen LogP contribution >= 0.6 is 0 Å². The molecule has 0 radical (unpaired) electrons. The van der Waals surface area contributed by atoms with Crippen LogP contribution in [0.3, 0.4) is 0 Å². The Morgan fingerprint density at radius 2 is 3.17 bits per heavy atom. The summed E-state index contributed by atoms with van der Waals surface area (Å²) in [6.07, 6.45) is 0. The SMILES string of the molecule is [2H]C([2H])([2H])N1CC1C#N. The molecule has 1 rings (SSSR count). The van der Waals surface area contributed by atoms with E-state index in [0.717, 1.165) is 0 Å². The predicted octanol–water partition coefficient (Wildman–Crippen LogP) is -0.176. The number of hydrogen-bond acceptors (Lipinski definition) is 2. The Labute approximate surface area is 41.2 Å². The molecule has 0 aromatic rings. The highest BCUT2D eigenvalue weighted by molar-refractivity contribution is 5.03. The average molecular weight is 85.1 g/mol. The molecule has 0 saturated carbocycles. The monoisotopic (exact) mass is 85.1 g/mol. The van der Waals surface area contributed by atoms with E-state index in [4.69, 9.17) is 9.37 Å². The zero-order valence-electron chi connectivity index (χ0n) is 6.18. The van der Waals surface area contributed by atoms with Crippen molar-refractivity contribution < 1.29 is 4.11 Å². The maximum Gasteiger partial charge on any atom is 0.110 e. The highest BCUT2D eigenvalue weighted by atomic mass is 15.3. The van der Waals surface area contributed by atoms with Gasteiger partial charge < -0.3 is 0 Å². The van der Waals surface area contributed by atoms with E-state index in [2.05, 4.69) is 0 Å². The van der Waals surface area contributed by atoms with Gasteiger partial charge in [0.2, 0.25) is 0 Å². The summed E-state index contributed by atoms with van der Waals surface area (Å²) in [5.41, 5.74) is 0. The second kappa shape index (κ2) is 0.954. The van der Waals surface area contributed by atoms with Gasteiger partial charge in [-0.1, -0.05) is 0 Å². The first kappa shape index (κ1) is 1.51. The van der Waals surface area contributed by atoms with Gasteiger partial charge in [-0.15, -0.1) is 0 Å². The summed E-state index contributed by atoms with van der Waals surface area (Å²) in [5.74, 6) is 0. The predicted molar refractivity (Wildman–Crippen MR) is 22.0 cm³/mol. The van der Waals surface area contributed by atoms with Gasteiger partial charge in [-0.25, -0.2) is 0 Å². The zero-order valence-corrected chi connectivity index (χ0v) is 3.18. The van der Waals surface area contributed by atoms with Gasteiger partial charge in [0, 0.05) is 10.7 Å². The number of nitriles is 1. The maximum absolute atomic E-state index is 8.20. The molecule has 32 valence electrons. The van der Waals surface area contributed by atoms with Gasteiger partial charge in [-0.05, 0) is 6.98 Å². The van der Waals surface area contributed by atoms with Crippen molar-refractivity contribution >= 4 is 0 Å². The molecule has 2 nitrogen and oxygen atoms in total. The average Bonchev–Trinajstić information content (AvgIpc) is 2.39. The molecule has 0 N–H and O–H groups in total. The molecule has 0 spiro atoms. The van der Waals surface area contributed by atoms with Crippen LogP contribution in [-0.2, 0) is 0 Å². The van der Waals surface area contributed by atoms with Crippen LogP contribution in [0.2, 0.25) is 0 Å². The molecule has 2 heteroatoms. The lowest BCUT2D eigenvalue weighted by Crippen LogP contribution is -1.86. The van der Waals surface area contributed by atoms with Crippen molar-refractivity contribution in [1.82, 2.24) is 4.90 Å². The summed E-state index contributed by atoms with van der Waals surface area (Å²) in [4.78, 5) is 1.17. The lowest BCUT2D eigenvalue weighted by Gasteiger charge is -1.73. The summed E-state index contributed by atoms with van der Waals surface area (Å²) < 4.78 is 20.4. The van der Waals surface area contributed by atoms with Crippen molar-refractivity contribution in [2.75, 3.05) is 13.5 Å². The standard InChI is InChI=1S/C4H6N2/c1-6-3-4(6)2-5/h4H,3H2,1H3/i1D3. The van der Waals surface area contributed by atoms with Crippen LogP contribution in [0.5, 0.6) is 0 Å². The molecule has 0 aromatic carbocycles. The van der Waals surface area contributed by atoms with E-state index in [0.29, 0.717) is 6.54 Å². The fourth-order valence-corrected chi connectivity index (χ4v) is 0.250. The quantitative estimate of drug-likeness (QED) is 0.382. The van der Waals surface area contributed by atoms with Crippen molar-refractivity contribution in [3.63, 3.8) is 0 Å². The molecule has 1 aliphatic heterocycles. The second-order valence-electron chi connectivity index (χ2n) is 1.30. The smallest absolute Gasteiger partial charge is 0.110 e. The van der Waals surface area contributed by atoms with Gasteiger partial charge >= 0.3 is 0 Å². The normalized spacial score (nSPS) is 50.8. The Hall–Kier alpha value is -0.550. The number of nitrogens with zero attached hydrogens (tertiary/aromatic N) is 2. The van der Waals surface area contributed by atoms with Gasteiger partial charge in [-0.2, -0.15) is 5.26 Å². The largest absolute Gasteiger partial charge is 0.287 e. The molecule has 1 saturated heterocycles. The fraction of sp³-hybridized carbons (Fsp3) is 0.750. The van der Waals surface area contributed by atoms with Gasteiger partial charge in [-0.3, -0.25) is 4.90 Å². The van der Waals surface area contributed by atoms with Gasteiger partial charge in [0.1, 0.15) is 6.04 Å². The molecule has 0 aromatic heterocycles. The Kier molecular flexibility index (Phi) is 0.240. The molecule has 1 aliphatic rings. The van der Waals surface area contributed by atoms with Gasteiger partial charge in [0.15, 0.2) is 0 Å². The third-order valence-electron chi connectivity index (χ3n) is 0.761. The molecule has 2 atom stereocenters. The summed E-state index contributed by atoms with van der Waals surface area (Å²) in [6.45, 7) is -1.66. The molecule has 1 heterocycles. The van der Waals surface area contributed by atoms with E-state index < -0.39 is 6.98 Å². The van der Waals surface area contributed by atoms with Crippen LogP contribution in [0.25, 0.3) is 0 Å². The van der Waals surface area contributed by atoms with Gasteiger partial charge in [0.25, 0.3) is 0 Å². The molecule has 1 fully saturated rings. The fourth-order valence-electron chi connectivity index (χ4n) is 0.250. The first-order valence-electron chi connectivity index (χ1n) is 3.22. The summed E-state index contributed by atoms with van der Waals surface area (Å²) in [5, 5.41) is 8.20. The molecule has 2 unspecified atom stereocenters. The van der Waals surface area contributed by atoms with Crippen LogP contribution in [-0.4, -0.2) is 24.5 Å². The summed E-state index contributed by atoms with van der Waals surface area (Å²) in [7, 11) is 0. The number of rotatable bonds is 0. The number of hydrogen-bond donors (Lipinski definition) is 0. The molecule has 6 heavy (non-hydrogen) atoms. The first-order valence-corrected chi connectivity index (χ1v) is 1.72. The van der Waals surface area contributed by atoms with Crippen molar-refractivity contribution in [2.24, 2.45) is 0 Å². The van der Waals surface area contributed by atoms with Crippen LogP contribution in [0.1, 0.15) is 4.11 Å². The van der Waals surface area contributed by atoms with Crippen LogP contribution in [0.4, 0.5) is 0 Å². The second-order valence-corrected chi connectivity index (χ2v) is 1.30. The third-order valence-corrected chi connectivity index (χ3v) is 0.761. The number of likely N-dealkylation sites (N-methyl/N-ethyl adjacent to an activating group) is 1. The van der Waals surface area contributed by atoms with Crippen molar-refractivity contribution in [2.45, 2.75) is 6.04 Å². The van der Waals surface area contributed by atoms with E-state index in [-0.39, 0.29) is 6.04 Å². The molecule has 0 aliphatic carbocycles. The van der Waals surface area contributed by atoms with E-state index >= 15 is 0 Å². The Bertz CT molecular complexity index is 156. The Morgan fingerprint density at radius 3 is 3.33 bits per heavy atom. The highest BCUT2D eigenvalue weighted by Crippen LogP contribution is 2.09. The minimum Gasteiger partial charge on any atom is -0.287 e. The summed E-state index contributed by atoms with van der Waals surface area (Å²) in [6, 6.07) is 1.50. The van der Waals surface area contributed by atoms with Crippen molar-refractivity contribution in [3.05, 3.63) is 0 Å². The lowest BCUT2D eigenvalue weighted by molar-refractivity contribution is 0.664. The van der Waals surface area contributed by atoms with Crippen LogP contribution in [0, 0.1) is 11.3 Å². The highest BCUT2D eigenvalue weighted by Gasteiger charge is 2.28. The Balaban J connectivity index is 2.45. The van der Waals surface area contributed by atoms with E-state index in [9.17, 15) is 0 Å². The topological polar surface area (TPSA) is 26.8 Å². The van der Waals surface area contributed by atoms with E-state index in [1.807, 2.05) is 6.07 Å². The lowest BCUT2D eigenvalue weighted by atomic mass is 10.5. The third kappa shape index (κ3) is 0.373. The first-order chi connectivity index (χ1) is 4.05. The minimum absolute atomic E-state index is 0.363. The van der Waals surface area contributed by atoms with Crippen molar-refractivity contribution in [3.8, 4) is 6.07 Å². The van der Waals surface area contributed by atoms with Crippen LogP contribution < -0.4 is 0 Å². The van der Waals surface area contributed by atoms with E-state index in [1.54, 1.807) is 0 Å². The molecule has 0 bridgehead atoms. The minimum atomic E-state index is -2.06. The van der Waals surface area contributed by atoms with Crippen molar-refractivity contribution in [1.29, 1.82) is 5.26 Å². The molecular weight excluding hydrogens is 76.1 g/mol. The Morgan fingerprint density at radius 1 is 2.33 bits per heavy atom. The van der Waals surface area contributed by atoms with E-state index in [1.165, 1.54) is 4.90 Å². The van der Waals surface area contributed by atoms with Gasteiger partial charge in [0.05, 0.1) is 6.07 Å². The van der Waals surface area contributed by atoms with Crippen LogP contribution in [0.15, 0.2) is 0 Å². The zero-order chi connectivity index (χ0) is 7.07. The summed E-state index contributed by atoms with van der Waals surface area (Å²) >= 11 is 0. The maximum atomic E-state index is 8.20. The molecule has 0 amide bonds. The molecular formula is C4H6N2.